The third-order valence-corrected chi connectivity index (χ3v) is 3.29. The van der Waals surface area contributed by atoms with Gasteiger partial charge in [-0.05, 0) is 32.4 Å². The molecule has 3 nitrogen and oxygen atoms in total. The summed E-state index contributed by atoms with van der Waals surface area (Å²) in [4.78, 5) is 4.35. The first kappa shape index (κ1) is 13.9. The molecule has 102 valence electrons. The molecule has 0 saturated carbocycles. The van der Waals surface area contributed by atoms with Gasteiger partial charge in [0.1, 0.15) is 12.4 Å². The highest BCUT2D eigenvalue weighted by molar-refractivity contribution is 5.40. The Kier molecular flexibility index (Phi) is 5.23. The number of hydrogen-bond acceptors (Lipinski definition) is 3. The highest BCUT2D eigenvalue weighted by Gasteiger charge is 2.17. The van der Waals surface area contributed by atoms with Gasteiger partial charge in [-0.25, -0.2) is 0 Å². The number of unbranched alkanes of at least 4 members (excludes halogenated alkanes) is 2. The Morgan fingerprint density at radius 2 is 2.37 bits per heavy atom. The monoisotopic (exact) mass is 258 g/mol. The maximum Gasteiger partial charge on any atom is 0.141 e. The van der Waals surface area contributed by atoms with Crippen molar-refractivity contribution in [1.29, 1.82) is 0 Å². The van der Waals surface area contributed by atoms with Gasteiger partial charge < -0.3 is 10.1 Å². The summed E-state index contributed by atoms with van der Waals surface area (Å²) < 4.78 is 5.82. The number of hydrogen-bond donors (Lipinski definition) is 1. The van der Waals surface area contributed by atoms with Crippen molar-refractivity contribution in [3.63, 3.8) is 0 Å². The molecule has 19 heavy (non-hydrogen) atoms. The van der Waals surface area contributed by atoms with Gasteiger partial charge in [0, 0.05) is 24.2 Å². The van der Waals surface area contributed by atoms with Crippen LogP contribution in [0, 0.1) is 18.8 Å². The van der Waals surface area contributed by atoms with E-state index < -0.39 is 0 Å². The predicted octanol–water partition coefficient (Wildman–Crippen LogP) is 2.67. The van der Waals surface area contributed by atoms with Gasteiger partial charge in [0.25, 0.3) is 0 Å². The van der Waals surface area contributed by atoms with E-state index in [1.807, 2.05) is 19.2 Å². The van der Waals surface area contributed by atoms with Crippen molar-refractivity contribution < 1.29 is 4.74 Å². The number of nitrogens with zero attached hydrogens (tertiary/aromatic N) is 1. The molecule has 3 heteroatoms. The van der Waals surface area contributed by atoms with Gasteiger partial charge in [-0.1, -0.05) is 25.2 Å². The van der Waals surface area contributed by atoms with Crippen LogP contribution in [0.25, 0.3) is 0 Å². The van der Waals surface area contributed by atoms with Crippen molar-refractivity contribution in [3.05, 3.63) is 23.5 Å². The first-order chi connectivity index (χ1) is 9.29. The van der Waals surface area contributed by atoms with Crippen LogP contribution >= 0.6 is 0 Å². The molecule has 0 aliphatic carbocycles. The molecule has 2 heterocycles. The Bertz CT molecular complexity index is 469. The maximum absolute atomic E-state index is 5.82. The van der Waals surface area contributed by atoms with Crippen molar-refractivity contribution >= 4 is 0 Å². The summed E-state index contributed by atoms with van der Waals surface area (Å²) in [5.74, 6) is 7.19. The highest BCUT2D eigenvalue weighted by atomic mass is 16.5. The minimum atomic E-state index is 0.499. The molecule has 0 aromatic carbocycles. The molecule has 1 atom stereocenters. The largest absolute Gasteiger partial charge is 0.490 e. The second-order valence-corrected chi connectivity index (χ2v) is 4.96. The molecule has 2 rings (SSSR count). The van der Waals surface area contributed by atoms with Gasteiger partial charge in [0.2, 0.25) is 0 Å². The first-order valence-electron chi connectivity index (χ1n) is 7.11. The Morgan fingerprint density at radius 1 is 1.53 bits per heavy atom. The second kappa shape index (κ2) is 7.16. The molecule has 1 fully saturated rings. The van der Waals surface area contributed by atoms with Gasteiger partial charge >= 0.3 is 0 Å². The topological polar surface area (TPSA) is 34.1 Å². The zero-order chi connectivity index (χ0) is 13.5. The average Bonchev–Trinajstić information content (AvgIpc) is 2.36. The van der Waals surface area contributed by atoms with Crippen LogP contribution in [0.1, 0.15) is 43.9 Å². The number of aryl methyl sites for hydroxylation is 1. The van der Waals surface area contributed by atoms with Crippen molar-refractivity contribution in [3.8, 4) is 17.6 Å². The Balaban J connectivity index is 1.94. The van der Waals surface area contributed by atoms with E-state index in [1.165, 1.54) is 12.8 Å². The fourth-order valence-electron chi connectivity index (χ4n) is 1.84. The highest BCUT2D eigenvalue weighted by Crippen LogP contribution is 2.17. The molecule has 1 aromatic rings. The predicted molar refractivity (Wildman–Crippen MR) is 77.3 cm³/mol. The lowest BCUT2D eigenvalue weighted by atomic mass is 10.1. The van der Waals surface area contributed by atoms with E-state index in [-0.39, 0.29) is 0 Å². The van der Waals surface area contributed by atoms with Gasteiger partial charge in [0.15, 0.2) is 0 Å². The number of rotatable bonds is 5. The van der Waals surface area contributed by atoms with E-state index in [0.29, 0.717) is 6.04 Å². The number of nitrogens with one attached hydrogen (secondary N) is 1. The Morgan fingerprint density at radius 3 is 3.05 bits per heavy atom. The zero-order valence-electron chi connectivity index (χ0n) is 11.8. The minimum Gasteiger partial charge on any atom is -0.490 e. The number of aromatic nitrogens is 1. The van der Waals surface area contributed by atoms with Gasteiger partial charge in [-0.2, -0.15) is 0 Å². The van der Waals surface area contributed by atoms with E-state index in [4.69, 9.17) is 4.74 Å². The Labute approximate surface area is 115 Å². The number of pyridine rings is 1. The van der Waals surface area contributed by atoms with Crippen LogP contribution in [0.5, 0.6) is 5.75 Å². The van der Waals surface area contributed by atoms with Crippen LogP contribution in [0.15, 0.2) is 12.3 Å². The summed E-state index contributed by atoms with van der Waals surface area (Å²) in [6.45, 7) is 5.97. The summed E-state index contributed by atoms with van der Waals surface area (Å²) in [6, 6.07) is 2.50. The van der Waals surface area contributed by atoms with Crippen molar-refractivity contribution in [2.75, 3.05) is 13.2 Å². The normalized spacial score (nSPS) is 17.3. The molecular formula is C16H22N2O. The fraction of sp³-hybridized carbons (Fsp3) is 0.562. The van der Waals surface area contributed by atoms with Crippen LogP contribution < -0.4 is 10.1 Å². The summed E-state index contributed by atoms with van der Waals surface area (Å²) >= 11 is 0. The summed E-state index contributed by atoms with van der Waals surface area (Å²) in [7, 11) is 0. The van der Waals surface area contributed by atoms with Crippen LogP contribution in [-0.4, -0.2) is 24.2 Å². The van der Waals surface area contributed by atoms with Gasteiger partial charge in [-0.15, -0.1) is 0 Å². The molecule has 0 bridgehead atoms. The second-order valence-electron chi connectivity index (χ2n) is 4.96. The van der Waals surface area contributed by atoms with E-state index in [9.17, 15) is 0 Å². The summed E-state index contributed by atoms with van der Waals surface area (Å²) in [6.07, 6.45) is 6.31. The molecule has 1 aromatic heterocycles. The molecule has 0 spiro atoms. The summed E-state index contributed by atoms with van der Waals surface area (Å²) in [5, 5.41) is 3.32. The molecule has 1 saturated heterocycles. The lowest BCUT2D eigenvalue weighted by Gasteiger charge is -2.27. The van der Waals surface area contributed by atoms with E-state index in [2.05, 4.69) is 29.1 Å². The summed E-state index contributed by atoms with van der Waals surface area (Å²) in [5.41, 5.74) is 1.87. The van der Waals surface area contributed by atoms with Gasteiger partial charge in [0.05, 0.1) is 5.69 Å². The molecule has 1 aliphatic rings. The SMILES string of the molecule is CCCCC#Cc1cnc(C)c(OCC2CCN2)c1. The van der Waals surface area contributed by atoms with Crippen LogP contribution in [0.3, 0.4) is 0 Å². The van der Waals surface area contributed by atoms with E-state index >= 15 is 0 Å². The molecular weight excluding hydrogens is 236 g/mol. The third kappa shape index (κ3) is 4.25. The number of ether oxygens (including phenoxy) is 1. The van der Waals surface area contributed by atoms with Gasteiger partial charge in [-0.3, -0.25) is 4.98 Å². The molecule has 0 radical (unpaired) electrons. The molecule has 1 N–H and O–H groups in total. The zero-order valence-corrected chi connectivity index (χ0v) is 11.8. The standard InChI is InChI=1S/C16H22N2O/c1-3-4-5-6-7-14-10-16(13(2)18-11-14)19-12-15-8-9-17-15/h10-11,15,17H,3-5,8-9,12H2,1-2H3. The minimum absolute atomic E-state index is 0.499. The third-order valence-electron chi connectivity index (χ3n) is 3.29. The van der Waals surface area contributed by atoms with E-state index in [1.54, 1.807) is 0 Å². The van der Waals surface area contributed by atoms with Crippen LogP contribution in [0.2, 0.25) is 0 Å². The molecule has 0 amide bonds. The van der Waals surface area contributed by atoms with Crippen molar-refractivity contribution in [2.24, 2.45) is 0 Å². The van der Waals surface area contributed by atoms with Crippen molar-refractivity contribution in [1.82, 2.24) is 10.3 Å². The lowest BCUT2D eigenvalue weighted by Crippen LogP contribution is -2.46. The van der Waals surface area contributed by atoms with Crippen molar-refractivity contribution in [2.45, 2.75) is 45.6 Å². The molecule has 1 unspecified atom stereocenters. The average molecular weight is 258 g/mol. The van der Waals surface area contributed by atoms with Crippen LogP contribution in [-0.2, 0) is 0 Å². The van der Waals surface area contributed by atoms with Crippen LogP contribution in [0.4, 0.5) is 0 Å². The smallest absolute Gasteiger partial charge is 0.141 e. The lowest BCUT2D eigenvalue weighted by molar-refractivity contribution is 0.216. The fourth-order valence-corrected chi connectivity index (χ4v) is 1.84. The first-order valence-corrected chi connectivity index (χ1v) is 7.11. The quantitative estimate of drug-likeness (QED) is 0.651. The Hall–Kier alpha value is -1.53. The maximum atomic E-state index is 5.82. The molecule has 1 aliphatic heterocycles. The van der Waals surface area contributed by atoms with E-state index in [0.717, 1.165) is 43.0 Å².